The molecule has 0 aromatic heterocycles. The Morgan fingerprint density at radius 3 is 1.95 bits per heavy atom. The number of rotatable bonds is 7. The molecule has 1 aromatic carbocycles. The van der Waals surface area contributed by atoms with Gasteiger partial charge in [0.1, 0.15) is 5.75 Å². The van der Waals surface area contributed by atoms with E-state index >= 15 is 0 Å². The summed E-state index contributed by atoms with van der Waals surface area (Å²) in [7, 11) is 4.77. The Morgan fingerprint density at radius 2 is 1.55 bits per heavy atom. The lowest BCUT2D eigenvalue weighted by Crippen LogP contribution is -2.40. The van der Waals surface area contributed by atoms with Crippen molar-refractivity contribution in [1.82, 2.24) is 0 Å². The van der Waals surface area contributed by atoms with Gasteiger partial charge < -0.3 is 25.1 Å². The summed E-state index contributed by atoms with van der Waals surface area (Å²) in [5.41, 5.74) is 6.66. The molecule has 0 radical (unpaired) electrons. The minimum absolute atomic E-state index is 0.0535. The number of hydrogen-bond donors (Lipinski definition) is 2. The number of benzene rings is 1. The lowest BCUT2D eigenvalue weighted by atomic mass is 9.80. The second kappa shape index (κ2) is 6.81. The van der Waals surface area contributed by atoms with Gasteiger partial charge in [0.05, 0.1) is 21.3 Å². The van der Waals surface area contributed by atoms with E-state index < -0.39 is 5.54 Å². The van der Waals surface area contributed by atoms with Gasteiger partial charge in [-0.15, -0.1) is 0 Å². The maximum Gasteiger partial charge on any atom is 0.164 e. The van der Waals surface area contributed by atoms with Crippen molar-refractivity contribution in [2.45, 2.75) is 31.7 Å². The van der Waals surface area contributed by atoms with Gasteiger partial charge in [0.15, 0.2) is 11.5 Å². The fourth-order valence-corrected chi connectivity index (χ4v) is 2.38. The fourth-order valence-electron chi connectivity index (χ4n) is 2.38. The van der Waals surface area contributed by atoms with Gasteiger partial charge in [-0.05, 0) is 26.3 Å². The first-order chi connectivity index (χ1) is 9.38. The van der Waals surface area contributed by atoms with Gasteiger partial charge >= 0.3 is 0 Å². The average Bonchev–Trinajstić information content (AvgIpc) is 2.42. The average molecular weight is 283 g/mol. The van der Waals surface area contributed by atoms with E-state index in [4.69, 9.17) is 19.9 Å². The van der Waals surface area contributed by atoms with Crippen molar-refractivity contribution in [3.05, 3.63) is 17.7 Å². The number of methoxy groups -OCH3 is 3. The lowest BCUT2D eigenvalue weighted by molar-refractivity contribution is 0.247. The first kappa shape index (κ1) is 16.6. The highest BCUT2D eigenvalue weighted by atomic mass is 16.5. The Balaban J connectivity index is 3.39. The first-order valence-corrected chi connectivity index (χ1v) is 6.58. The lowest BCUT2D eigenvalue weighted by Gasteiger charge is -2.32. The van der Waals surface area contributed by atoms with E-state index in [1.807, 2.05) is 19.9 Å². The molecule has 1 unspecified atom stereocenters. The SMILES string of the molecule is COc1cc(OC)c(C(CCO)C(C)(C)N)cc1OC. The van der Waals surface area contributed by atoms with Crippen LogP contribution < -0.4 is 19.9 Å². The van der Waals surface area contributed by atoms with Crippen LogP contribution >= 0.6 is 0 Å². The van der Waals surface area contributed by atoms with E-state index in [1.165, 1.54) is 0 Å². The summed E-state index contributed by atoms with van der Waals surface area (Å²) in [4.78, 5) is 0. The number of aliphatic hydroxyl groups excluding tert-OH is 1. The van der Waals surface area contributed by atoms with Crippen LogP contribution in [0.5, 0.6) is 17.2 Å². The standard InChI is InChI=1S/C15H25NO4/c1-15(2,16)11(6-7-17)10-8-13(19-4)14(20-5)9-12(10)18-3/h8-9,11,17H,6-7,16H2,1-5H3. The van der Waals surface area contributed by atoms with Crippen LogP contribution in [0.1, 0.15) is 31.7 Å². The summed E-state index contributed by atoms with van der Waals surface area (Å²) in [6, 6.07) is 3.65. The van der Waals surface area contributed by atoms with Gasteiger partial charge in [0.2, 0.25) is 0 Å². The van der Waals surface area contributed by atoms with Crippen LogP contribution in [0.25, 0.3) is 0 Å². The summed E-state index contributed by atoms with van der Waals surface area (Å²) >= 11 is 0. The molecule has 0 heterocycles. The van der Waals surface area contributed by atoms with Crippen LogP contribution in [-0.4, -0.2) is 38.6 Å². The Bertz CT molecular complexity index is 440. The monoisotopic (exact) mass is 283 g/mol. The highest BCUT2D eigenvalue weighted by Crippen LogP contribution is 2.42. The summed E-state index contributed by atoms with van der Waals surface area (Å²) in [6.45, 7) is 3.93. The first-order valence-electron chi connectivity index (χ1n) is 6.58. The Hall–Kier alpha value is -1.46. The number of nitrogens with two attached hydrogens (primary N) is 1. The van der Waals surface area contributed by atoms with Crippen LogP contribution in [0.15, 0.2) is 12.1 Å². The number of aliphatic hydroxyl groups is 1. The van der Waals surface area contributed by atoms with E-state index in [9.17, 15) is 5.11 Å². The van der Waals surface area contributed by atoms with Crippen LogP contribution in [-0.2, 0) is 0 Å². The minimum atomic E-state index is -0.490. The molecule has 0 aliphatic rings. The summed E-state index contributed by atoms with van der Waals surface area (Å²) < 4.78 is 16.0. The van der Waals surface area contributed by atoms with E-state index in [1.54, 1.807) is 27.4 Å². The predicted octanol–water partition coefficient (Wildman–Crippen LogP) is 1.92. The van der Waals surface area contributed by atoms with Crippen molar-refractivity contribution in [1.29, 1.82) is 0 Å². The molecule has 0 spiro atoms. The third-order valence-corrected chi connectivity index (χ3v) is 3.43. The molecule has 114 valence electrons. The topological polar surface area (TPSA) is 73.9 Å². The third kappa shape index (κ3) is 3.55. The van der Waals surface area contributed by atoms with Crippen molar-refractivity contribution >= 4 is 0 Å². The van der Waals surface area contributed by atoms with Gasteiger partial charge in [-0.25, -0.2) is 0 Å². The molecule has 20 heavy (non-hydrogen) atoms. The van der Waals surface area contributed by atoms with Crippen LogP contribution in [0.2, 0.25) is 0 Å². The molecule has 1 rings (SSSR count). The second-order valence-electron chi connectivity index (χ2n) is 5.34. The van der Waals surface area contributed by atoms with E-state index in [-0.39, 0.29) is 12.5 Å². The Kier molecular flexibility index (Phi) is 5.65. The molecular weight excluding hydrogens is 258 g/mol. The van der Waals surface area contributed by atoms with Crippen molar-refractivity contribution in [2.75, 3.05) is 27.9 Å². The highest BCUT2D eigenvalue weighted by Gasteiger charge is 2.30. The van der Waals surface area contributed by atoms with E-state index in [0.29, 0.717) is 23.7 Å². The zero-order valence-electron chi connectivity index (χ0n) is 12.9. The predicted molar refractivity (Wildman–Crippen MR) is 78.8 cm³/mol. The molecule has 0 aliphatic carbocycles. The van der Waals surface area contributed by atoms with Crippen LogP contribution in [0.4, 0.5) is 0 Å². The van der Waals surface area contributed by atoms with Gasteiger partial charge in [-0.1, -0.05) is 0 Å². The Labute approximate surface area is 120 Å². The van der Waals surface area contributed by atoms with Crippen molar-refractivity contribution in [2.24, 2.45) is 5.73 Å². The molecule has 0 fully saturated rings. The molecule has 0 amide bonds. The molecule has 0 aliphatic heterocycles. The Morgan fingerprint density at radius 1 is 1.05 bits per heavy atom. The number of hydrogen-bond acceptors (Lipinski definition) is 5. The van der Waals surface area contributed by atoms with Gasteiger partial charge in [0, 0.05) is 29.7 Å². The van der Waals surface area contributed by atoms with E-state index in [2.05, 4.69) is 0 Å². The maximum absolute atomic E-state index is 9.30. The minimum Gasteiger partial charge on any atom is -0.496 e. The van der Waals surface area contributed by atoms with Crippen molar-refractivity contribution in [3.8, 4) is 17.2 Å². The van der Waals surface area contributed by atoms with Gasteiger partial charge in [-0.2, -0.15) is 0 Å². The second-order valence-corrected chi connectivity index (χ2v) is 5.34. The molecule has 1 aromatic rings. The quantitative estimate of drug-likeness (QED) is 0.799. The molecule has 3 N–H and O–H groups in total. The number of ether oxygens (including phenoxy) is 3. The summed E-state index contributed by atoms with van der Waals surface area (Å²) in [5, 5.41) is 9.30. The fraction of sp³-hybridized carbons (Fsp3) is 0.600. The normalized spacial score (nSPS) is 12.9. The summed E-state index contributed by atoms with van der Waals surface area (Å²) in [6.07, 6.45) is 0.551. The van der Waals surface area contributed by atoms with Gasteiger partial charge in [-0.3, -0.25) is 0 Å². The molecule has 5 heteroatoms. The molecule has 5 nitrogen and oxygen atoms in total. The summed E-state index contributed by atoms with van der Waals surface area (Å²) in [5.74, 6) is 1.85. The van der Waals surface area contributed by atoms with E-state index in [0.717, 1.165) is 5.56 Å². The van der Waals surface area contributed by atoms with Crippen LogP contribution in [0.3, 0.4) is 0 Å². The zero-order chi connectivity index (χ0) is 15.3. The van der Waals surface area contributed by atoms with Crippen molar-refractivity contribution in [3.63, 3.8) is 0 Å². The smallest absolute Gasteiger partial charge is 0.164 e. The third-order valence-electron chi connectivity index (χ3n) is 3.43. The molecule has 0 saturated carbocycles. The molecule has 0 bridgehead atoms. The molecule has 0 saturated heterocycles. The largest absolute Gasteiger partial charge is 0.496 e. The molecule has 1 atom stereocenters. The molecular formula is C15H25NO4. The van der Waals surface area contributed by atoms with Crippen molar-refractivity contribution < 1.29 is 19.3 Å². The maximum atomic E-state index is 9.30. The zero-order valence-corrected chi connectivity index (χ0v) is 12.9. The van der Waals surface area contributed by atoms with Crippen LogP contribution in [0, 0.1) is 0 Å². The van der Waals surface area contributed by atoms with Gasteiger partial charge in [0.25, 0.3) is 0 Å². The highest BCUT2D eigenvalue weighted by molar-refractivity contribution is 5.52.